The summed E-state index contributed by atoms with van der Waals surface area (Å²) in [5.41, 5.74) is 0. The van der Waals surface area contributed by atoms with Crippen LogP contribution in [0.3, 0.4) is 0 Å². The van der Waals surface area contributed by atoms with Gasteiger partial charge in [-0.05, 0) is 27.8 Å². The summed E-state index contributed by atoms with van der Waals surface area (Å²) in [4.78, 5) is 13.5. The zero-order valence-electron chi connectivity index (χ0n) is 11.5. The highest BCUT2D eigenvalue weighted by molar-refractivity contribution is 5.83. The van der Waals surface area contributed by atoms with E-state index in [0.29, 0.717) is 12.4 Å². The molecule has 1 aromatic rings. The standard InChI is InChI=1S/C11H21N5O2/c1-6-16(5)10(17)8(3)13-11-15-14-9(18-11)7(2)12-4/h7-8,12H,6H2,1-5H3,(H,13,15). The number of hydrogen-bond acceptors (Lipinski definition) is 6. The minimum atomic E-state index is -0.395. The molecular weight excluding hydrogens is 234 g/mol. The lowest BCUT2D eigenvalue weighted by atomic mass is 10.3. The van der Waals surface area contributed by atoms with Gasteiger partial charge in [-0.15, -0.1) is 5.10 Å². The van der Waals surface area contributed by atoms with Crippen LogP contribution in [0.25, 0.3) is 0 Å². The lowest BCUT2D eigenvalue weighted by Gasteiger charge is -2.19. The van der Waals surface area contributed by atoms with E-state index >= 15 is 0 Å². The van der Waals surface area contributed by atoms with Crippen LogP contribution in [0.2, 0.25) is 0 Å². The topological polar surface area (TPSA) is 83.3 Å². The molecule has 2 unspecified atom stereocenters. The van der Waals surface area contributed by atoms with E-state index in [-0.39, 0.29) is 18.0 Å². The van der Waals surface area contributed by atoms with E-state index < -0.39 is 6.04 Å². The zero-order chi connectivity index (χ0) is 13.7. The molecule has 0 aliphatic carbocycles. The quantitative estimate of drug-likeness (QED) is 0.775. The average molecular weight is 255 g/mol. The van der Waals surface area contributed by atoms with Crippen molar-refractivity contribution in [2.75, 3.05) is 26.0 Å². The fourth-order valence-electron chi connectivity index (χ4n) is 1.32. The van der Waals surface area contributed by atoms with Gasteiger partial charge in [0.15, 0.2) is 0 Å². The summed E-state index contributed by atoms with van der Waals surface area (Å²) in [5.74, 6) is 0.474. The van der Waals surface area contributed by atoms with Crippen molar-refractivity contribution in [2.45, 2.75) is 32.9 Å². The van der Waals surface area contributed by atoms with Gasteiger partial charge in [0, 0.05) is 13.6 Å². The molecular formula is C11H21N5O2. The van der Waals surface area contributed by atoms with Crippen molar-refractivity contribution in [3.63, 3.8) is 0 Å². The van der Waals surface area contributed by atoms with Gasteiger partial charge >= 0.3 is 6.01 Å². The average Bonchev–Trinajstić information content (AvgIpc) is 2.84. The molecule has 0 fully saturated rings. The first kappa shape index (κ1) is 14.4. The Bertz CT molecular complexity index is 393. The molecule has 0 aromatic carbocycles. The molecule has 1 aromatic heterocycles. The van der Waals surface area contributed by atoms with E-state index in [9.17, 15) is 4.79 Å². The maximum Gasteiger partial charge on any atom is 0.316 e. The molecule has 0 saturated heterocycles. The van der Waals surface area contributed by atoms with Crippen molar-refractivity contribution < 1.29 is 9.21 Å². The fraction of sp³-hybridized carbons (Fsp3) is 0.727. The van der Waals surface area contributed by atoms with E-state index in [4.69, 9.17) is 4.42 Å². The molecule has 7 heteroatoms. The van der Waals surface area contributed by atoms with E-state index in [0.717, 1.165) is 0 Å². The van der Waals surface area contributed by atoms with Crippen LogP contribution in [-0.4, -0.2) is 47.7 Å². The maximum absolute atomic E-state index is 11.8. The van der Waals surface area contributed by atoms with E-state index in [2.05, 4.69) is 20.8 Å². The Balaban J connectivity index is 2.62. The SMILES string of the molecule is CCN(C)C(=O)C(C)Nc1nnc(C(C)NC)o1. The normalized spacial score (nSPS) is 14.1. The molecule has 0 aliphatic heterocycles. The third-order valence-electron chi connectivity index (χ3n) is 2.81. The van der Waals surface area contributed by atoms with Crippen molar-refractivity contribution in [1.82, 2.24) is 20.4 Å². The number of hydrogen-bond donors (Lipinski definition) is 2. The van der Waals surface area contributed by atoms with Crippen LogP contribution in [0.4, 0.5) is 6.01 Å². The molecule has 7 nitrogen and oxygen atoms in total. The third-order valence-corrected chi connectivity index (χ3v) is 2.81. The van der Waals surface area contributed by atoms with Crippen LogP contribution in [0.15, 0.2) is 4.42 Å². The van der Waals surface area contributed by atoms with Crippen molar-refractivity contribution in [3.8, 4) is 0 Å². The summed E-state index contributed by atoms with van der Waals surface area (Å²) < 4.78 is 5.40. The predicted octanol–water partition coefficient (Wildman–Crippen LogP) is 0.629. The van der Waals surface area contributed by atoms with Crippen LogP contribution in [0.1, 0.15) is 32.7 Å². The highest BCUT2D eigenvalue weighted by Crippen LogP contribution is 2.13. The number of carbonyl (C=O) groups excluding carboxylic acids is 1. The molecule has 2 N–H and O–H groups in total. The van der Waals surface area contributed by atoms with Crippen molar-refractivity contribution in [1.29, 1.82) is 0 Å². The minimum absolute atomic E-state index is 0.0149. The highest BCUT2D eigenvalue weighted by Gasteiger charge is 2.19. The zero-order valence-corrected chi connectivity index (χ0v) is 11.5. The molecule has 0 radical (unpaired) electrons. The Hall–Kier alpha value is -1.63. The van der Waals surface area contributed by atoms with E-state index in [1.807, 2.05) is 20.9 Å². The molecule has 2 atom stereocenters. The van der Waals surface area contributed by atoms with Crippen molar-refractivity contribution in [2.24, 2.45) is 0 Å². The van der Waals surface area contributed by atoms with Gasteiger partial charge in [-0.2, -0.15) is 0 Å². The van der Waals surface area contributed by atoms with Gasteiger partial charge in [0.25, 0.3) is 0 Å². The first-order valence-electron chi connectivity index (χ1n) is 6.01. The van der Waals surface area contributed by atoms with Gasteiger partial charge < -0.3 is 20.0 Å². The number of likely N-dealkylation sites (N-methyl/N-ethyl adjacent to an activating group) is 1. The molecule has 0 saturated carbocycles. The second-order valence-corrected chi connectivity index (χ2v) is 4.17. The molecule has 0 spiro atoms. The second-order valence-electron chi connectivity index (χ2n) is 4.17. The van der Waals surface area contributed by atoms with Gasteiger partial charge in [-0.1, -0.05) is 5.10 Å². The van der Waals surface area contributed by atoms with Crippen LogP contribution >= 0.6 is 0 Å². The Morgan fingerprint density at radius 3 is 2.67 bits per heavy atom. The number of rotatable bonds is 6. The van der Waals surface area contributed by atoms with Gasteiger partial charge in [0.2, 0.25) is 11.8 Å². The number of amides is 1. The van der Waals surface area contributed by atoms with Crippen LogP contribution in [0, 0.1) is 0 Å². The van der Waals surface area contributed by atoms with Gasteiger partial charge in [-0.3, -0.25) is 4.79 Å². The summed E-state index contributed by atoms with van der Waals surface area (Å²) in [5, 5.41) is 13.6. The van der Waals surface area contributed by atoms with Crippen LogP contribution in [0.5, 0.6) is 0 Å². The second kappa shape index (κ2) is 6.34. The molecule has 0 aliphatic rings. The van der Waals surface area contributed by atoms with E-state index in [1.165, 1.54) is 0 Å². The summed E-state index contributed by atoms with van der Waals surface area (Å²) in [6.07, 6.45) is 0. The first-order valence-corrected chi connectivity index (χ1v) is 6.01. The van der Waals surface area contributed by atoms with Gasteiger partial charge in [0.05, 0.1) is 6.04 Å². The molecule has 1 heterocycles. The largest absolute Gasteiger partial charge is 0.406 e. The number of anilines is 1. The van der Waals surface area contributed by atoms with Crippen molar-refractivity contribution in [3.05, 3.63) is 5.89 Å². The Kier molecular flexibility index (Phi) is 5.08. The van der Waals surface area contributed by atoms with Crippen LogP contribution < -0.4 is 10.6 Å². The van der Waals surface area contributed by atoms with E-state index in [1.54, 1.807) is 18.9 Å². The first-order chi connectivity index (χ1) is 8.49. The Morgan fingerprint density at radius 2 is 2.11 bits per heavy atom. The van der Waals surface area contributed by atoms with Gasteiger partial charge in [-0.25, -0.2) is 0 Å². The Morgan fingerprint density at radius 1 is 1.44 bits per heavy atom. The number of aromatic nitrogens is 2. The van der Waals surface area contributed by atoms with Gasteiger partial charge in [0.1, 0.15) is 6.04 Å². The highest BCUT2D eigenvalue weighted by atomic mass is 16.4. The summed E-state index contributed by atoms with van der Waals surface area (Å²) >= 11 is 0. The third kappa shape index (κ3) is 3.43. The molecule has 1 rings (SSSR count). The Labute approximate surface area is 107 Å². The number of carbonyl (C=O) groups is 1. The number of nitrogens with one attached hydrogen (secondary N) is 2. The molecule has 0 bridgehead atoms. The summed E-state index contributed by atoms with van der Waals surface area (Å²) in [6, 6.07) is -0.150. The van der Waals surface area contributed by atoms with Crippen LogP contribution in [-0.2, 0) is 4.79 Å². The van der Waals surface area contributed by atoms with Crippen molar-refractivity contribution >= 4 is 11.9 Å². The molecule has 1 amide bonds. The molecule has 102 valence electrons. The number of nitrogens with zero attached hydrogens (tertiary/aromatic N) is 3. The summed E-state index contributed by atoms with van der Waals surface area (Å²) in [7, 11) is 3.56. The minimum Gasteiger partial charge on any atom is -0.406 e. The monoisotopic (exact) mass is 255 g/mol. The fourth-order valence-corrected chi connectivity index (χ4v) is 1.32. The summed E-state index contributed by atoms with van der Waals surface area (Å²) in [6.45, 7) is 6.26. The lowest BCUT2D eigenvalue weighted by molar-refractivity contribution is -0.130. The molecule has 18 heavy (non-hydrogen) atoms. The maximum atomic E-state index is 11.8. The predicted molar refractivity (Wildman–Crippen MR) is 68.2 cm³/mol. The lowest BCUT2D eigenvalue weighted by Crippen LogP contribution is -2.38. The smallest absolute Gasteiger partial charge is 0.316 e.